The summed E-state index contributed by atoms with van der Waals surface area (Å²) in [6, 6.07) is 7.17. The van der Waals surface area contributed by atoms with Gasteiger partial charge in [-0.1, -0.05) is 13.8 Å². The molecule has 124 valence electrons. The molecule has 1 aromatic rings. The van der Waals surface area contributed by atoms with Crippen LogP contribution >= 0.6 is 0 Å². The standard InChI is InChI=1S/C18H29NO3/c1-17(2,3)22-15-9-7-14(8-10-15)16(21)19-12-6-11-18(4,5)13-20/h7-10,20H,6,11-13H2,1-5H3,(H,19,21). The van der Waals surface area contributed by atoms with Crippen molar-refractivity contribution in [1.29, 1.82) is 0 Å². The molecule has 22 heavy (non-hydrogen) atoms. The van der Waals surface area contributed by atoms with Crippen LogP contribution in [0.1, 0.15) is 57.8 Å². The number of rotatable bonds is 7. The Morgan fingerprint density at radius 1 is 1.14 bits per heavy atom. The number of aliphatic hydroxyl groups excluding tert-OH is 1. The normalized spacial score (nSPS) is 12.1. The van der Waals surface area contributed by atoms with E-state index in [0.717, 1.165) is 18.6 Å². The molecular weight excluding hydrogens is 278 g/mol. The highest BCUT2D eigenvalue weighted by molar-refractivity contribution is 5.94. The number of hydrogen-bond acceptors (Lipinski definition) is 3. The summed E-state index contributed by atoms with van der Waals surface area (Å²) in [5.74, 6) is 0.679. The maximum absolute atomic E-state index is 12.0. The summed E-state index contributed by atoms with van der Waals surface area (Å²) in [7, 11) is 0. The minimum Gasteiger partial charge on any atom is -0.488 e. The van der Waals surface area contributed by atoms with E-state index < -0.39 is 0 Å². The van der Waals surface area contributed by atoms with Crippen LogP contribution in [0.25, 0.3) is 0 Å². The lowest BCUT2D eigenvalue weighted by molar-refractivity contribution is 0.0948. The Morgan fingerprint density at radius 3 is 2.23 bits per heavy atom. The number of carbonyl (C=O) groups excluding carboxylic acids is 1. The van der Waals surface area contributed by atoms with Crippen LogP contribution in [0.2, 0.25) is 0 Å². The van der Waals surface area contributed by atoms with Crippen LogP contribution < -0.4 is 10.1 Å². The molecule has 0 radical (unpaired) electrons. The first-order valence-electron chi connectivity index (χ1n) is 7.81. The molecule has 1 aromatic carbocycles. The van der Waals surface area contributed by atoms with Crippen LogP contribution in [-0.4, -0.2) is 29.8 Å². The minimum absolute atomic E-state index is 0.0795. The van der Waals surface area contributed by atoms with Crippen molar-refractivity contribution < 1.29 is 14.6 Å². The van der Waals surface area contributed by atoms with Crippen molar-refractivity contribution in [1.82, 2.24) is 5.32 Å². The number of ether oxygens (including phenoxy) is 1. The first-order valence-corrected chi connectivity index (χ1v) is 7.81. The van der Waals surface area contributed by atoms with Crippen LogP contribution in [0.4, 0.5) is 0 Å². The maximum Gasteiger partial charge on any atom is 0.251 e. The van der Waals surface area contributed by atoms with Crippen LogP contribution in [0, 0.1) is 5.41 Å². The predicted molar refractivity (Wildman–Crippen MR) is 89.3 cm³/mol. The van der Waals surface area contributed by atoms with Gasteiger partial charge in [0, 0.05) is 18.7 Å². The Labute approximate surface area is 133 Å². The molecule has 0 spiro atoms. The molecule has 1 amide bonds. The molecule has 0 aliphatic carbocycles. The van der Waals surface area contributed by atoms with E-state index in [9.17, 15) is 9.90 Å². The Hall–Kier alpha value is -1.55. The van der Waals surface area contributed by atoms with Gasteiger partial charge in [0.05, 0.1) is 0 Å². The zero-order chi connectivity index (χ0) is 16.8. The lowest BCUT2D eigenvalue weighted by Crippen LogP contribution is -2.26. The number of carbonyl (C=O) groups is 1. The van der Waals surface area contributed by atoms with Crippen LogP contribution in [0.3, 0.4) is 0 Å². The van der Waals surface area contributed by atoms with Crippen molar-refractivity contribution in [3.63, 3.8) is 0 Å². The number of hydrogen-bond donors (Lipinski definition) is 2. The molecular formula is C18H29NO3. The van der Waals surface area contributed by atoms with Crippen LogP contribution in [0.5, 0.6) is 5.75 Å². The van der Waals surface area contributed by atoms with Gasteiger partial charge in [-0.05, 0) is 63.3 Å². The third-order valence-electron chi connectivity index (χ3n) is 3.28. The summed E-state index contributed by atoms with van der Waals surface area (Å²) in [6.07, 6.45) is 1.73. The molecule has 1 rings (SSSR count). The number of benzene rings is 1. The summed E-state index contributed by atoms with van der Waals surface area (Å²) < 4.78 is 5.73. The molecule has 0 bridgehead atoms. The topological polar surface area (TPSA) is 58.6 Å². The molecule has 0 saturated heterocycles. The maximum atomic E-state index is 12.0. The summed E-state index contributed by atoms with van der Waals surface area (Å²) in [5, 5.41) is 12.1. The van der Waals surface area contributed by atoms with Gasteiger partial charge in [0.2, 0.25) is 0 Å². The highest BCUT2D eigenvalue weighted by Crippen LogP contribution is 2.21. The number of aliphatic hydroxyl groups is 1. The van der Waals surface area contributed by atoms with Gasteiger partial charge in [0.25, 0.3) is 5.91 Å². The summed E-state index contributed by atoms with van der Waals surface area (Å²) in [5.41, 5.74) is 0.294. The van der Waals surface area contributed by atoms with Gasteiger partial charge in [-0.3, -0.25) is 4.79 Å². The monoisotopic (exact) mass is 307 g/mol. The molecule has 0 aromatic heterocycles. The molecule has 0 atom stereocenters. The molecule has 0 heterocycles. The highest BCUT2D eigenvalue weighted by Gasteiger charge is 2.16. The molecule has 4 heteroatoms. The second-order valence-electron chi connectivity index (χ2n) is 7.42. The van der Waals surface area contributed by atoms with Crippen molar-refractivity contribution in [3.8, 4) is 5.75 Å². The van der Waals surface area contributed by atoms with Gasteiger partial charge in [0.1, 0.15) is 11.4 Å². The molecule has 4 nitrogen and oxygen atoms in total. The summed E-state index contributed by atoms with van der Waals surface area (Å²) in [6.45, 7) is 10.8. The smallest absolute Gasteiger partial charge is 0.251 e. The Kier molecular flexibility index (Phi) is 6.42. The predicted octanol–water partition coefficient (Wildman–Crippen LogP) is 3.39. The Bertz CT molecular complexity index is 472. The molecule has 0 saturated carbocycles. The van der Waals surface area contributed by atoms with E-state index >= 15 is 0 Å². The molecule has 0 aliphatic rings. The average molecular weight is 307 g/mol. The van der Waals surface area contributed by atoms with Crippen LogP contribution in [-0.2, 0) is 0 Å². The molecule has 0 unspecified atom stereocenters. The average Bonchev–Trinajstić information content (AvgIpc) is 2.42. The lowest BCUT2D eigenvalue weighted by Gasteiger charge is -2.21. The van der Waals surface area contributed by atoms with E-state index in [0.29, 0.717) is 12.1 Å². The second kappa shape index (κ2) is 7.63. The van der Waals surface area contributed by atoms with Gasteiger partial charge >= 0.3 is 0 Å². The largest absolute Gasteiger partial charge is 0.488 e. The quantitative estimate of drug-likeness (QED) is 0.759. The van der Waals surface area contributed by atoms with E-state index in [1.54, 1.807) is 12.1 Å². The van der Waals surface area contributed by atoms with E-state index in [1.807, 2.05) is 46.8 Å². The third kappa shape index (κ3) is 6.94. The van der Waals surface area contributed by atoms with E-state index in [2.05, 4.69) is 5.32 Å². The fraction of sp³-hybridized carbons (Fsp3) is 0.611. The van der Waals surface area contributed by atoms with Crippen molar-refractivity contribution in [3.05, 3.63) is 29.8 Å². The van der Waals surface area contributed by atoms with Gasteiger partial charge < -0.3 is 15.2 Å². The lowest BCUT2D eigenvalue weighted by atomic mass is 9.89. The van der Waals surface area contributed by atoms with Gasteiger partial charge in [-0.2, -0.15) is 0 Å². The second-order valence-corrected chi connectivity index (χ2v) is 7.42. The van der Waals surface area contributed by atoms with E-state index in [-0.39, 0.29) is 23.5 Å². The van der Waals surface area contributed by atoms with Gasteiger partial charge in [-0.25, -0.2) is 0 Å². The van der Waals surface area contributed by atoms with Gasteiger partial charge in [-0.15, -0.1) is 0 Å². The van der Waals surface area contributed by atoms with Crippen molar-refractivity contribution in [2.24, 2.45) is 5.41 Å². The Morgan fingerprint density at radius 2 is 1.73 bits per heavy atom. The first-order chi connectivity index (χ1) is 10.1. The molecule has 0 fully saturated rings. The van der Waals surface area contributed by atoms with Crippen LogP contribution in [0.15, 0.2) is 24.3 Å². The number of nitrogens with one attached hydrogen (secondary N) is 1. The molecule has 2 N–H and O–H groups in total. The fourth-order valence-electron chi connectivity index (χ4n) is 1.98. The van der Waals surface area contributed by atoms with Crippen molar-refractivity contribution in [2.75, 3.05) is 13.2 Å². The SMILES string of the molecule is CC(C)(CO)CCCNC(=O)c1ccc(OC(C)(C)C)cc1. The zero-order valence-corrected chi connectivity index (χ0v) is 14.4. The van der Waals surface area contributed by atoms with E-state index in [1.165, 1.54) is 0 Å². The molecule has 0 aliphatic heterocycles. The Balaban J connectivity index is 2.43. The summed E-state index contributed by atoms with van der Waals surface area (Å²) in [4.78, 5) is 12.0. The van der Waals surface area contributed by atoms with E-state index in [4.69, 9.17) is 4.74 Å². The van der Waals surface area contributed by atoms with Crippen molar-refractivity contribution >= 4 is 5.91 Å². The highest BCUT2D eigenvalue weighted by atomic mass is 16.5. The summed E-state index contributed by atoms with van der Waals surface area (Å²) >= 11 is 0. The number of amides is 1. The minimum atomic E-state index is -0.247. The first kappa shape index (κ1) is 18.5. The zero-order valence-electron chi connectivity index (χ0n) is 14.4. The fourth-order valence-corrected chi connectivity index (χ4v) is 1.98. The van der Waals surface area contributed by atoms with Gasteiger partial charge in [0.15, 0.2) is 0 Å². The third-order valence-corrected chi connectivity index (χ3v) is 3.28. The van der Waals surface area contributed by atoms with Crippen molar-refractivity contribution in [2.45, 2.75) is 53.1 Å².